The van der Waals surface area contributed by atoms with Crippen LogP contribution in [0.2, 0.25) is 0 Å². The number of aromatic nitrogens is 1. The van der Waals surface area contributed by atoms with Gasteiger partial charge in [0.2, 0.25) is 76.8 Å². The average Bonchev–Trinajstić information content (AvgIpc) is 1.79. The third-order valence-corrected chi connectivity index (χ3v) is 16.2. The van der Waals surface area contributed by atoms with E-state index in [1.165, 1.54) is 13.8 Å². The maximum Gasteiger partial charge on any atom is 0.326 e. The summed E-state index contributed by atoms with van der Waals surface area (Å²) in [5, 5.41) is 66.6. The number of nitrogens with one attached hydrogen (secondary N) is 11. The summed E-state index contributed by atoms with van der Waals surface area (Å²) in [5.41, 5.74) is 23.9. The largest absolute Gasteiger partial charge is 0.480 e. The van der Waals surface area contributed by atoms with Crippen LogP contribution in [0.5, 0.6) is 0 Å². The van der Waals surface area contributed by atoms with Gasteiger partial charge in [-0.05, 0) is 61.3 Å². The molecule has 0 aliphatic heterocycles. The van der Waals surface area contributed by atoms with Gasteiger partial charge < -0.3 is 102 Å². The van der Waals surface area contributed by atoms with Gasteiger partial charge >= 0.3 is 5.97 Å². The molecule has 0 radical (unpaired) electrons. The molecule has 1 heterocycles. The molecule has 0 saturated heterocycles. The minimum absolute atomic E-state index is 0.142. The van der Waals surface area contributed by atoms with Gasteiger partial charge in [0.15, 0.2) is 0 Å². The summed E-state index contributed by atoms with van der Waals surface area (Å²) in [6.45, 7) is 10.7. The molecule has 1 aromatic heterocycles. The number of amides is 13. The Morgan fingerprint density at radius 2 is 0.949 bits per heavy atom. The molecule has 13 amide bonds. The van der Waals surface area contributed by atoms with E-state index in [1.54, 1.807) is 74.6 Å². The second-order valence-electron chi connectivity index (χ2n) is 25.5. The average molecular weight is 1390 g/mol. The summed E-state index contributed by atoms with van der Waals surface area (Å²) in [4.78, 5) is 192. The number of hydrogen-bond acceptors (Lipinski definition) is 18. The molecule has 2 aromatic carbocycles. The molecule has 0 fully saturated rings. The number of para-hydroxylation sites is 1. The standard InChI is InChI=1S/C66H101N15O18/c1-8-36(6)56(66(98)99)80-61(93)45(26-39-32-71-43-22-16-15-21-42(39)43)74-54(89)33-72-64(96)57(37(7)82)81-62(94)46(27-41(84)23-24-67)75-59(91)48(30-51(69)86)77-60(92)49(31-52(70)87)76-58(90)44(25-38-18-12-10-13-19-38)78-65(97)55(35(4)5)79-63(95)47(29-50(68)85)73-53(88)28-40(83)20-14-9-11-17-34(2)3/h10,12-13,15-16,18-19,21-22,32,34-37,40-41,44-49,55-57,71,82-84H,8-9,11,14,17,20,23-31,33,67H2,1-7H3,(H2,68,85)(H2,69,86)(H2,70,87)(H,72,96)(H,73,88)(H,74,89)(H,75,91)(H,76,90)(H,77,92)(H,78,97)(H,79,95)(H,80,93)(H,81,94)(H,98,99). The van der Waals surface area contributed by atoms with Crippen LogP contribution in [0.25, 0.3) is 10.9 Å². The predicted molar refractivity (Wildman–Crippen MR) is 360 cm³/mol. The van der Waals surface area contributed by atoms with Gasteiger partial charge in [-0.25, -0.2) is 4.79 Å². The van der Waals surface area contributed by atoms with Crippen LogP contribution in [0.4, 0.5) is 0 Å². The summed E-state index contributed by atoms with van der Waals surface area (Å²) in [6.07, 6.45) is -2.93. The van der Waals surface area contributed by atoms with Crippen molar-refractivity contribution < 1.29 is 87.5 Å². The topological polar surface area (TPSA) is 560 Å². The minimum Gasteiger partial charge on any atom is -0.480 e. The summed E-state index contributed by atoms with van der Waals surface area (Å²) >= 11 is 0. The van der Waals surface area contributed by atoms with E-state index in [1.807, 2.05) is 0 Å². The molecular formula is C66H101N15O18. The number of benzene rings is 2. The fourth-order valence-corrected chi connectivity index (χ4v) is 10.5. The number of carbonyl (C=O) groups is 14. The number of carboxylic acids is 1. The van der Waals surface area contributed by atoms with Gasteiger partial charge in [-0.2, -0.15) is 0 Å². The highest BCUT2D eigenvalue weighted by molar-refractivity contribution is 6.01. The lowest BCUT2D eigenvalue weighted by Crippen LogP contribution is -2.62. The van der Waals surface area contributed by atoms with Gasteiger partial charge in [-0.15, -0.1) is 0 Å². The molecule has 99 heavy (non-hydrogen) atoms. The Morgan fingerprint density at radius 1 is 0.475 bits per heavy atom. The Kier molecular flexibility index (Phi) is 35.7. The van der Waals surface area contributed by atoms with Crippen LogP contribution in [0.15, 0.2) is 60.8 Å². The third kappa shape index (κ3) is 30.0. The van der Waals surface area contributed by atoms with E-state index in [-0.39, 0.29) is 25.8 Å². The summed E-state index contributed by atoms with van der Waals surface area (Å²) < 4.78 is 0. The molecule has 0 aliphatic rings. The highest BCUT2D eigenvalue weighted by Crippen LogP contribution is 2.21. The molecule has 23 N–H and O–H groups in total. The van der Waals surface area contributed by atoms with Crippen molar-refractivity contribution in [2.45, 2.75) is 211 Å². The number of aliphatic carboxylic acids is 1. The number of primary amides is 3. The van der Waals surface area contributed by atoms with E-state index in [9.17, 15) is 87.5 Å². The fourth-order valence-electron chi connectivity index (χ4n) is 10.5. The first-order chi connectivity index (χ1) is 46.6. The summed E-state index contributed by atoms with van der Waals surface area (Å²) in [6, 6.07) is -0.163. The molecule has 33 nitrogen and oxygen atoms in total. The van der Waals surface area contributed by atoms with Gasteiger partial charge in [0.25, 0.3) is 0 Å². The highest BCUT2D eigenvalue weighted by atomic mass is 16.4. The second-order valence-corrected chi connectivity index (χ2v) is 25.5. The molecule has 0 saturated carbocycles. The number of fused-ring (bicyclic) bond motifs is 1. The number of aliphatic hydroxyl groups excluding tert-OH is 3. The monoisotopic (exact) mass is 1390 g/mol. The second kappa shape index (κ2) is 42.3. The highest BCUT2D eigenvalue weighted by Gasteiger charge is 2.38. The van der Waals surface area contributed by atoms with Crippen molar-refractivity contribution in [2.24, 2.45) is 40.7 Å². The molecule has 0 bridgehead atoms. The van der Waals surface area contributed by atoms with Crippen molar-refractivity contribution in [1.29, 1.82) is 0 Å². The Hall–Kier alpha value is -9.60. The van der Waals surface area contributed by atoms with E-state index >= 15 is 0 Å². The maximum absolute atomic E-state index is 14.4. The van der Waals surface area contributed by atoms with Crippen LogP contribution in [0.3, 0.4) is 0 Å². The predicted octanol–water partition coefficient (Wildman–Crippen LogP) is -3.32. The normalized spacial score (nSPS) is 15.2. The molecular weight excluding hydrogens is 1290 g/mol. The van der Waals surface area contributed by atoms with Gasteiger partial charge in [-0.1, -0.05) is 122 Å². The van der Waals surface area contributed by atoms with Crippen molar-refractivity contribution in [3.05, 3.63) is 71.9 Å². The minimum atomic E-state index is -2.04. The number of aromatic amines is 1. The lowest BCUT2D eigenvalue weighted by Gasteiger charge is -2.29. The lowest BCUT2D eigenvalue weighted by atomic mass is 9.98. The quantitative estimate of drug-likeness (QED) is 0.0246. The van der Waals surface area contributed by atoms with Crippen molar-refractivity contribution in [1.82, 2.24) is 58.2 Å². The first kappa shape index (κ1) is 83.6. The first-order valence-electron chi connectivity index (χ1n) is 33.0. The number of carboxylic acid groups (broad SMARTS) is 1. The number of rotatable bonds is 46. The third-order valence-electron chi connectivity index (χ3n) is 16.2. The number of hydrogen-bond donors (Lipinski definition) is 19. The number of aliphatic hydroxyl groups is 3. The Morgan fingerprint density at radius 3 is 1.49 bits per heavy atom. The van der Waals surface area contributed by atoms with Gasteiger partial charge in [0.1, 0.15) is 54.4 Å². The number of carbonyl (C=O) groups excluding carboxylic acids is 13. The summed E-state index contributed by atoms with van der Waals surface area (Å²) in [7, 11) is 0. The van der Waals surface area contributed by atoms with Gasteiger partial charge in [-0.3, -0.25) is 62.3 Å². The number of unbranched alkanes of at least 4 members (excludes halogenated alkanes) is 2. The van der Waals surface area contributed by atoms with E-state index in [2.05, 4.69) is 72.0 Å². The fraction of sp³-hybridized carbons (Fsp3) is 0.576. The molecule has 33 heteroatoms. The Balaban J connectivity index is 1.87. The van der Waals surface area contributed by atoms with Gasteiger partial charge in [0, 0.05) is 36.4 Å². The van der Waals surface area contributed by atoms with Crippen molar-refractivity contribution in [3.8, 4) is 0 Å². The maximum atomic E-state index is 14.4. The number of H-pyrrole nitrogens is 1. The van der Waals surface area contributed by atoms with Crippen LogP contribution in [0, 0.1) is 17.8 Å². The van der Waals surface area contributed by atoms with Gasteiger partial charge in [0.05, 0.1) is 50.5 Å². The molecule has 3 aromatic rings. The lowest BCUT2D eigenvalue weighted by molar-refractivity contribution is -0.143. The first-order valence-corrected chi connectivity index (χ1v) is 33.0. The van der Waals surface area contributed by atoms with Crippen LogP contribution in [-0.2, 0) is 80.0 Å². The Labute approximate surface area is 574 Å². The zero-order valence-electron chi connectivity index (χ0n) is 57.1. The summed E-state index contributed by atoms with van der Waals surface area (Å²) in [5.74, 6) is -16.4. The van der Waals surface area contributed by atoms with Crippen LogP contribution in [0.1, 0.15) is 137 Å². The zero-order valence-corrected chi connectivity index (χ0v) is 57.1. The smallest absolute Gasteiger partial charge is 0.326 e. The van der Waals surface area contributed by atoms with Crippen molar-refractivity contribution in [2.75, 3.05) is 13.1 Å². The van der Waals surface area contributed by atoms with Crippen molar-refractivity contribution in [3.63, 3.8) is 0 Å². The van der Waals surface area contributed by atoms with E-state index in [4.69, 9.17) is 22.9 Å². The zero-order chi connectivity index (χ0) is 74.2. The molecule has 0 aliphatic carbocycles. The van der Waals surface area contributed by atoms with E-state index < -0.39 is 206 Å². The van der Waals surface area contributed by atoms with Crippen LogP contribution in [-0.4, -0.2) is 194 Å². The molecule has 548 valence electrons. The SMILES string of the molecule is CCC(C)C(NC(=O)C(Cc1c[nH]c2ccccc12)NC(=O)CNC(=O)C(NC(=O)C(CC(O)CCN)NC(=O)C(CC(N)=O)NC(=O)C(CC(N)=O)NC(=O)C(Cc1ccccc1)NC(=O)C(NC(=O)C(CC(N)=O)NC(=O)CC(O)CCCCCC(C)C)C(C)C)C(C)O)C(=O)O. The molecule has 0 spiro atoms. The van der Waals surface area contributed by atoms with Crippen LogP contribution < -0.4 is 76.1 Å². The Bertz CT molecular complexity index is 3240. The molecule has 13 atom stereocenters. The van der Waals surface area contributed by atoms with Crippen molar-refractivity contribution >= 4 is 93.7 Å². The number of nitrogens with two attached hydrogens (primary N) is 4. The van der Waals surface area contributed by atoms with Crippen LogP contribution >= 0.6 is 0 Å². The molecule has 3 rings (SSSR count). The van der Waals surface area contributed by atoms with E-state index in [0.29, 0.717) is 47.2 Å². The molecule has 13 unspecified atom stereocenters. The van der Waals surface area contributed by atoms with E-state index in [0.717, 1.165) is 26.2 Å².